The van der Waals surface area contributed by atoms with Crippen LogP contribution in [0, 0.1) is 17.7 Å². The van der Waals surface area contributed by atoms with Crippen molar-refractivity contribution < 1.29 is 9.50 Å². The molecule has 0 saturated carbocycles. The van der Waals surface area contributed by atoms with Crippen molar-refractivity contribution in [3.63, 3.8) is 0 Å². The van der Waals surface area contributed by atoms with Gasteiger partial charge in [-0.15, -0.1) is 0 Å². The number of aliphatic hydroxyl groups excluding tert-OH is 1. The number of hydrogen-bond acceptors (Lipinski definition) is 2. The highest BCUT2D eigenvalue weighted by Crippen LogP contribution is 2.11. The highest BCUT2D eigenvalue weighted by Gasteiger charge is 2.04. The van der Waals surface area contributed by atoms with Gasteiger partial charge in [0.25, 0.3) is 0 Å². The number of nitrogens with zero attached hydrogens (tertiary/aromatic N) is 1. The highest BCUT2D eigenvalue weighted by molar-refractivity contribution is 5.38. The molecule has 0 unspecified atom stereocenters. The molecule has 0 amide bonds. The van der Waals surface area contributed by atoms with Crippen LogP contribution in [0.3, 0.4) is 0 Å². The minimum atomic E-state index is -0.302. The second-order valence-electron chi connectivity index (χ2n) is 4.05. The summed E-state index contributed by atoms with van der Waals surface area (Å²) < 4.78 is 13.5. The summed E-state index contributed by atoms with van der Waals surface area (Å²) in [5.74, 6) is 5.20. The van der Waals surface area contributed by atoms with Gasteiger partial charge >= 0.3 is 0 Å². The van der Waals surface area contributed by atoms with Crippen LogP contribution in [0.15, 0.2) is 18.2 Å². The molecular formula is C15H20FNO. The lowest BCUT2D eigenvalue weighted by molar-refractivity contribution is 0.295. The maximum Gasteiger partial charge on any atom is 0.138 e. The van der Waals surface area contributed by atoms with Gasteiger partial charge in [0.1, 0.15) is 5.82 Å². The minimum Gasteiger partial charge on any atom is -0.395 e. The van der Waals surface area contributed by atoms with Crippen molar-refractivity contribution >= 4 is 0 Å². The molecule has 1 aromatic carbocycles. The van der Waals surface area contributed by atoms with Gasteiger partial charge in [-0.05, 0) is 30.8 Å². The fraction of sp³-hybridized carbons (Fsp3) is 0.467. The zero-order valence-electron chi connectivity index (χ0n) is 11.0. The summed E-state index contributed by atoms with van der Waals surface area (Å²) in [6, 6.07) is 5.05. The van der Waals surface area contributed by atoms with Crippen molar-refractivity contribution in [1.29, 1.82) is 0 Å². The molecule has 0 heterocycles. The molecule has 0 saturated heterocycles. The van der Waals surface area contributed by atoms with Gasteiger partial charge in [0.2, 0.25) is 0 Å². The summed E-state index contributed by atoms with van der Waals surface area (Å²) in [4.78, 5) is 2.26. The first-order valence-electron chi connectivity index (χ1n) is 6.31. The maximum absolute atomic E-state index is 13.5. The van der Waals surface area contributed by atoms with E-state index in [1.54, 1.807) is 12.1 Å². The van der Waals surface area contributed by atoms with Crippen molar-refractivity contribution in [3.05, 3.63) is 35.1 Å². The Bertz CT molecular complexity index is 430. The first-order chi connectivity index (χ1) is 8.71. The Balaban J connectivity index is 2.84. The normalized spacial score (nSPS) is 10.3. The van der Waals surface area contributed by atoms with Gasteiger partial charge in [0, 0.05) is 13.0 Å². The third kappa shape index (κ3) is 4.48. The Morgan fingerprint density at radius 3 is 2.61 bits per heavy atom. The molecule has 0 aliphatic heterocycles. The SMILES string of the molecule is CCN(CC)Cc1ccc(F)c(C#CCCO)c1. The molecule has 0 aliphatic carbocycles. The molecule has 0 spiro atoms. The third-order valence-electron chi connectivity index (χ3n) is 2.79. The first-order valence-corrected chi connectivity index (χ1v) is 6.31. The number of halogens is 1. The van der Waals surface area contributed by atoms with Gasteiger partial charge in [-0.2, -0.15) is 0 Å². The van der Waals surface area contributed by atoms with E-state index in [1.807, 2.05) is 0 Å². The third-order valence-corrected chi connectivity index (χ3v) is 2.79. The van der Waals surface area contributed by atoms with Gasteiger partial charge in [0.15, 0.2) is 0 Å². The zero-order valence-corrected chi connectivity index (χ0v) is 11.0. The van der Waals surface area contributed by atoms with Gasteiger partial charge in [-0.25, -0.2) is 4.39 Å². The summed E-state index contributed by atoms with van der Waals surface area (Å²) in [7, 11) is 0. The van der Waals surface area contributed by atoms with E-state index in [0.29, 0.717) is 12.0 Å². The molecular weight excluding hydrogens is 229 g/mol. The second-order valence-corrected chi connectivity index (χ2v) is 4.05. The topological polar surface area (TPSA) is 23.5 Å². The molecule has 1 N–H and O–H groups in total. The van der Waals surface area contributed by atoms with Gasteiger partial charge < -0.3 is 5.11 Å². The van der Waals surface area contributed by atoms with Crippen molar-refractivity contribution in [2.75, 3.05) is 19.7 Å². The van der Waals surface area contributed by atoms with Gasteiger partial charge in [-0.1, -0.05) is 31.8 Å². The quantitative estimate of drug-likeness (QED) is 0.810. The van der Waals surface area contributed by atoms with E-state index in [4.69, 9.17) is 5.11 Å². The van der Waals surface area contributed by atoms with Crippen LogP contribution in [-0.2, 0) is 6.54 Å². The summed E-state index contributed by atoms with van der Waals surface area (Å²) in [6.07, 6.45) is 0.375. The standard InChI is InChI=1S/C15H20FNO/c1-3-17(4-2)12-13-8-9-15(16)14(11-13)7-5-6-10-18/h8-9,11,18H,3-4,6,10,12H2,1-2H3. The Labute approximate surface area is 108 Å². The van der Waals surface area contributed by atoms with Gasteiger partial charge in [-0.3, -0.25) is 4.90 Å². The van der Waals surface area contributed by atoms with Crippen molar-refractivity contribution in [1.82, 2.24) is 4.90 Å². The summed E-state index contributed by atoms with van der Waals surface area (Å²) in [5, 5.41) is 8.65. The average Bonchev–Trinajstić information content (AvgIpc) is 2.39. The van der Waals surface area contributed by atoms with Crippen molar-refractivity contribution in [2.24, 2.45) is 0 Å². The monoisotopic (exact) mass is 249 g/mol. The van der Waals surface area contributed by atoms with Crippen LogP contribution in [0.25, 0.3) is 0 Å². The van der Waals surface area contributed by atoms with Crippen LogP contribution in [0.4, 0.5) is 4.39 Å². The Hall–Kier alpha value is -1.37. The van der Waals surface area contributed by atoms with Crippen LogP contribution in [0.2, 0.25) is 0 Å². The molecule has 18 heavy (non-hydrogen) atoms. The van der Waals surface area contributed by atoms with E-state index in [9.17, 15) is 4.39 Å². The molecule has 0 bridgehead atoms. The summed E-state index contributed by atoms with van der Waals surface area (Å²) in [6.45, 7) is 6.97. The number of rotatable bonds is 5. The number of aliphatic hydroxyl groups is 1. The number of benzene rings is 1. The minimum absolute atomic E-state index is 0.00770. The Morgan fingerprint density at radius 2 is 2.00 bits per heavy atom. The average molecular weight is 249 g/mol. The van der Waals surface area contributed by atoms with Crippen LogP contribution in [0.5, 0.6) is 0 Å². The lowest BCUT2D eigenvalue weighted by Crippen LogP contribution is -2.22. The predicted octanol–water partition coefficient (Wildman–Crippen LogP) is 2.40. The second kappa shape index (κ2) is 7.86. The smallest absolute Gasteiger partial charge is 0.138 e. The maximum atomic E-state index is 13.5. The zero-order chi connectivity index (χ0) is 13.4. The molecule has 3 heteroatoms. The first kappa shape index (κ1) is 14.7. The van der Waals surface area contributed by atoms with E-state index >= 15 is 0 Å². The van der Waals surface area contributed by atoms with Crippen LogP contribution >= 0.6 is 0 Å². The lowest BCUT2D eigenvalue weighted by atomic mass is 10.1. The molecule has 0 aliphatic rings. The van der Waals surface area contributed by atoms with E-state index in [0.717, 1.165) is 25.2 Å². The fourth-order valence-electron chi connectivity index (χ4n) is 1.69. The molecule has 98 valence electrons. The summed E-state index contributed by atoms with van der Waals surface area (Å²) in [5.41, 5.74) is 1.47. The van der Waals surface area contributed by atoms with Crippen LogP contribution in [0.1, 0.15) is 31.4 Å². The van der Waals surface area contributed by atoms with E-state index in [1.165, 1.54) is 6.07 Å². The van der Waals surface area contributed by atoms with E-state index in [2.05, 4.69) is 30.6 Å². The van der Waals surface area contributed by atoms with Crippen molar-refractivity contribution in [3.8, 4) is 11.8 Å². The van der Waals surface area contributed by atoms with Crippen molar-refractivity contribution in [2.45, 2.75) is 26.8 Å². The van der Waals surface area contributed by atoms with E-state index < -0.39 is 0 Å². The van der Waals surface area contributed by atoms with Crippen LogP contribution < -0.4 is 0 Å². The molecule has 0 fully saturated rings. The highest BCUT2D eigenvalue weighted by atomic mass is 19.1. The Kier molecular flexibility index (Phi) is 6.42. The molecule has 1 aromatic rings. The molecule has 1 rings (SSSR count). The van der Waals surface area contributed by atoms with Crippen LogP contribution in [-0.4, -0.2) is 29.7 Å². The summed E-state index contributed by atoms with van der Waals surface area (Å²) >= 11 is 0. The molecule has 0 radical (unpaired) electrons. The molecule has 2 nitrogen and oxygen atoms in total. The Morgan fingerprint density at radius 1 is 1.28 bits per heavy atom. The lowest BCUT2D eigenvalue weighted by Gasteiger charge is -2.18. The fourth-order valence-corrected chi connectivity index (χ4v) is 1.69. The van der Waals surface area contributed by atoms with Gasteiger partial charge in [0.05, 0.1) is 12.2 Å². The molecule has 0 aromatic heterocycles. The number of hydrogen-bond donors (Lipinski definition) is 1. The largest absolute Gasteiger partial charge is 0.395 e. The van der Waals surface area contributed by atoms with E-state index in [-0.39, 0.29) is 12.4 Å². The predicted molar refractivity (Wildman–Crippen MR) is 71.6 cm³/mol. The molecule has 0 atom stereocenters.